The van der Waals surface area contributed by atoms with Crippen LogP contribution in [0.15, 0.2) is 134 Å². The summed E-state index contributed by atoms with van der Waals surface area (Å²) in [5.74, 6) is 0. The van der Waals surface area contributed by atoms with Gasteiger partial charge in [0, 0.05) is 43.3 Å². The summed E-state index contributed by atoms with van der Waals surface area (Å²) in [5, 5.41) is 2.54. The second kappa shape index (κ2) is 12.0. The van der Waals surface area contributed by atoms with E-state index in [0.29, 0.717) is 0 Å². The molecule has 1 radical (unpaired) electrons. The molecule has 4 aromatic carbocycles. The second-order valence-corrected chi connectivity index (χ2v) is 8.99. The van der Waals surface area contributed by atoms with Crippen LogP contribution in [0.25, 0.3) is 50.0 Å². The Kier molecular flexibility index (Phi) is 8.07. The molecule has 0 saturated heterocycles. The number of rotatable bonds is 3. The first-order valence-electron chi connectivity index (χ1n) is 12.6. The van der Waals surface area contributed by atoms with Crippen molar-refractivity contribution in [2.24, 2.45) is 0 Å². The maximum Gasteiger partial charge on any atom is 0.0523 e. The van der Waals surface area contributed by atoms with Crippen molar-refractivity contribution in [3.05, 3.63) is 151 Å². The fourth-order valence-electron chi connectivity index (χ4n) is 4.77. The van der Waals surface area contributed by atoms with Crippen LogP contribution in [0.2, 0.25) is 0 Å². The van der Waals surface area contributed by atoms with Crippen LogP contribution >= 0.6 is 0 Å². The molecule has 4 heteroatoms. The number of aromatic nitrogens is 3. The Balaban J connectivity index is 0.000000187. The average Bonchev–Trinajstić information content (AvgIpc) is 3.33. The fourth-order valence-corrected chi connectivity index (χ4v) is 4.77. The molecule has 7 rings (SSSR count). The molecule has 0 aliphatic rings. The van der Waals surface area contributed by atoms with Gasteiger partial charge < -0.3 is 14.5 Å². The summed E-state index contributed by atoms with van der Waals surface area (Å²) in [4.78, 5) is 8.77. The van der Waals surface area contributed by atoms with E-state index in [1.54, 1.807) is 0 Å². The van der Waals surface area contributed by atoms with Crippen molar-refractivity contribution in [3.8, 4) is 28.2 Å². The van der Waals surface area contributed by atoms with Gasteiger partial charge >= 0.3 is 0 Å². The number of para-hydroxylation sites is 2. The van der Waals surface area contributed by atoms with E-state index >= 15 is 0 Å². The molecule has 0 aliphatic carbocycles. The zero-order valence-electron chi connectivity index (χ0n) is 21.4. The van der Waals surface area contributed by atoms with Crippen LogP contribution in [0, 0.1) is 19.1 Å². The molecule has 0 unspecified atom stereocenters. The van der Waals surface area contributed by atoms with Crippen molar-refractivity contribution >= 4 is 21.8 Å². The molecule has 3 aromatic heterocycles. The number of aryl methyl sites for hydroxylation is 1. The molecular formula is C35H25IrN3-2. The van der Waals surface area contributed by atoms with Gasteiger partial charge in [0.1, 0.15) is 0 Å². The molecule has 0 saturated carbocycles. The SMILES string of the molecule is Cc1cccnc1-c1[c-]cccc1.[Ir].[c-]1ccc(-n2c3ccccc3c3ccccc32)cc1-c1ccccn1. The molecule has 3 heterocycles. The Morgan fingerprint density at radius 3 is 1.92 bits per heavy atom. The van der Waals surface area contributed by atoms with Crippen molar-refractivity contribution in [1.29, 1.82) is 0 Å². The summed E-state index contributed by atoms with van der Waals surface area (Å²) in [6.07, 6.45) is 3.62. The maximum atomic E-state index is 4.46. The monoisotopic (exact) mass is 680 g/mol. The molecule has 0 aliphatic heterocycles. The first-order valence-corrected chi connectivity index (χ1v) is 12.6. The van der Waals surface area contributed by atoms with Gasteiger partial charge in [-0.2, -0.15) is 0 Å². The van der Waals surface area contributed by atoms with Crippen LogP contribution in [0.4, 0.5) is 0 Å². The van der Waals surface area contributed by atoms with Crippen molar-refractivity contribution in [2.45, 2.75) is 6.92 Å². The maximum absolute atomic E-state index is 4.46. The van der Waals surface area contributed by atoms with Gasteiger partial charge in [0.25, 0.3) is 0 Å². The van der Waals surface area contributed by atoms with E-state index in [2.05, 4.69) is 100 Å². The minimum absolute atomic E-state index is 0. The van der Waals surface area contributed by atoms with E-state index in [4.69, 9.17) is 0 Å². The van der Waals surface area contributed by atoms with Gasteiger partial charge in [0.05, 0.1) is 11.0 Å². The van der Waals surface area contributed by atoms with Gasteiger partial charge in [0.2, 0.25) is 0 Å². The minimum atomic E-state index is 0. The number of hydrogen-bond acceptors (Lipinski definition) is 2. The third-order valence-corrected chi connectivity index (χ3v) is 6.54. The van der Waals surface area contributed by atoms with Crippen LogP contribution in [0.3, 0.4) is 0 Å². The summed E-state index contributed by atoms with van der Waals surface area (Å²) in [7, 11) is 0. The Labute approximate surface area is 242 Å². The van der Waals surface area contributed by atoms with E-state index in [1.165, 1.54) is 27.4 Å². The Bertz CT molecular complexity index is 1770. The third-order valence-electron chi connectivity index (χ3n) is 6.54. The number of pyridine rings is 2. The molecule has 3 nitrogen and oxygen atoms in total. The van der Waals surface area contributed by atoms with Gasteiger partial charge in [-0.15, -0.1) is 65.7 Å². The molecule has 0 amide bonds. The van der Waals surface area contributed by atoms with Crippen molar-refractivity contribution in [3.63, 3.8) is 0 Å². The molecule has 0 bridgehead atoms. The smallest absolute Gasteiger partial charge is 0.0523 e. The molecule has 0 fully saturated rings. The largest absolute Gasteiger partial charge is 0.327 e. The first kappa shape index (κ1) is 26.2. The Morgan fingerprint density at radius 2 is 1.26 bits per heavy atom. The topological polar surface area (TPSA) is 30.7 Å². The fraction of sp³-hybridized carbons (Fsp3) is 0.0286. The van der Waals surface area contributed by atoms with Crippen LogP contribution < -0.4 is 0 Å². The van der Waals surface area contributed by atoms with Gasteiger partial charge in [-0.05, 0) is 48.3 Å². The zero-order chi connectivity index (χ0) is 25.7. The quantitative estimate of drug-likeness (QED) is 0.176. The zero-order valence-corrected chi connectivity index (χ0v) is 23.8. The average molecular weight is 680 g/mol. The van der Waals surface area contributed by atoms with E-state index in [1.807, 2.05) is 67.0 Å². The van der Waals surface area contributed by atoms with Crippen molar-refractivity contribution in [1.82, 2.24) is 14.5 Å². The predicted octanol–water partition coefficient (Wildman–Crippen LogP) is 8.50. The molecular weight excluding hydrogens is 655 g/mol. The van der Waals surface area contributed by atoms with E-state index in [0.717, 1.165) is 28.2 Å². The first-order chi connectivity index (χ1) is 18.8. The molecule has 0 spiro atoms. The number of hydrogen-bond donors (Lipinski definition) is 0. The molecule has 0 atom stereocenters. The summed E-state index contributed by atoms with van der Waals surface area (Å²) >= 11 is 0. The normalized spacial score (nSPS) is 10.5. The minimum Gasteiger partial charge on any atom is -0.327 e. The van der Waals surface area contributed by atoms with Crippen LogP contribution in [-0.4, -0.2) is 14.5 Å². The Hall–Kier alpha value is -4.37. The van der Waals surface area contributed by atoms with E-state index in [-0.39, 0.29) is 20.1 Å². The van der Waals surface area contributed by atoms with Gasteiger partial charge in [0.15, 0.2) is 0 Å². The Morgan fingerprint density at radius 1 is 0.590 bits per heavy atom. The van der Waals surface area contributed by atoms with Crippen molar-refractivity contribution < 1.29 is 20.1 Å². The van der Waals surface area contributed by atoms with Crippen molar-refractivity contribution in [2.75, 3.05) is 0 Å². The molecule has 39 heavy (non-hydrogen) atoms. The van der Waals surface area contributed by atoms with Crippen LogP contribution in [0.5, 0.6) is 0 Å². The van der Waals surface area contributed by atoms with Gasteiger partial charge in [-0.25, -0.2) is 0 Å². The third kappa shape index (κ3) is 5.44. The second-order valence-electron chi connectivity index (χ2n) is 8.99. The standard InChI is InChI=1S/C23H15N2.C12H10N.Ir/c1-3-13-22-19(10-1)20-11-2-4-14-23(20)25(22)18-9-7-8-17(16-18)21-12-5-6-15-24-21;1-10-6-5-9-13-12(10)11-7-3-2-4-8-11;/h1-7,9-16H;2-7,9H,1H3;/q2*-1;. The van der Waals surface area contributed by atoms with Gasteiger partial charge in [-0.3, -0.25) is 0 Å². The summed E-state index contributed by atoms with van der Waals surface area (Å²) in [5.41, 5.74) is 8.74. The summed E-state index contributed by atoms with van der Waals surface area (Å²) < 4.78 is 2.31. The van der Waals surface area contributed by atoms with E-state index < -0.39 is 0 Å². The summed E-state index contributed by atoms with van der Waals surface area (Å²) in [6.45, 7) is 2.06. The van der Waals surface area contributed by atoms with Crippen LogP contribution in [0.1, 0.15) is 5.56 Å². The summed E-state index contributed by atoms with van der Waals surface area (Å²) in [6, 6.07) is 47.6. The predicted molar refractivity (Wildman–Crippen MR) is 156 cm³/mol. The number of benzene rings is 4. The molecule has 0 N–H and O–H groups in total. The van der Waals surface area contributed by atoms with Gasteiger partial charge in [-0.1, -0.05) is 60.2 Å². The number of fused-ring (bicyclic) bond motifs is 3. The van der Waals surface area contributed by atoms with E-state index in [9.17, 15) is 0 Å². The molecule has 7 aromatic rings. The number of nitrogens with zero attached hydrogens (tertiary/aromatic N) is 3. The van der Waals surface area contributed by atoms with Crippen LogP contribution in [-0.2, 0) is 20.1 Å². The molecule has 191 valence electrons.